The molecule has 0 fully saturated rings. The molecule has 6 nitrogen and oxygen atoms in total. The maximum Gasteiger partial charge on any atom is 0.255 e. The lowest BCUT2D eigenvalue weighted by Gasteiger charge is -2.28. The van der Waals surface area contributed by atoms with Gasteiger partial charge in [-0.05, 0) is 23.8 Å². The summed E-state index contributed by atoms with van der Waals surface area (Å²) in [6.45, 7) is 1.98. The van der Waals surface area contributed by atoms with Gasteiger partial charge in [-0.15, -0.1) is 0 Å². The molecular formula is C20H17N5O. The maximum atomic E-state index is 12.6. The van der Waals surface area contributed by atoms with Crippen LogP contribution in [0, 0.1) is 11.3 Å². The molecule has 0 saturated carbocycles. The Morgan fingerprint density at radius 2 is 2.12 bits per heavy atom. The van der Waals surface area contributed by atoms with Gasteiger partial charge in [0.1, 0.15) is 5.82 Å². The number of H-pyrrole nitrogens is 1. The van der Waals surface area contributed by atoms with Gasteiger partial charge in [-0.1, -0.05) is 18.2 Å². The van der Waals surface area contributed by atoms with Crippen molar-refractivity contribution < 1.29 is 0 Å². The lowest BCUT2D eigenvalue weighted by Crippen LogP contribution is -2.35. The summed E-state index contributed by atoms with van der Waals surface area (Å²) in [5, 5.41) is 9.25. The topological polar surface area (TPSA) is 85.7 Å². The summed E-state index contributed by atoms with van der Waals surface area (Å²) in [6.07, 6.45) is 4.09. The second kappa shape index (κ2) is 6.90. The van der Waals surface area contributed by atoms with Crippen molar-refractivity contribution in [3.8, 4) is 17.5 Å². The van der Waals surface area contributed by atoms with Crippen molar-refractivity contribution in [1.29, 1.82) is 5.26 Å². The van der Waals surface area contributed by atoms with Crippen LogP contribution in [0.4, 0.5) is 0 Å². The van der Waals surface area contributed by atoms with Crippen molar-refractivity contribution in [1.82, 2.24) is 19.9 Å². The first-order valence-electron chi connectivity index (χ1n) is 8.47. The number of nitrogens with one attached hydrogen (secondary N) is 1. The largest absolute Gasteiger partial charge is 0.306 e. The molecule has 1 aliphatic rings. The van der Waals surface area contributed by atoms with E-state index in [9.17, 15) is 10.1 Å². The molecule has 0 saturated heterocycles. The number of benzene rings is 1. The van der Waals surface area contributed by atoms with E-state index in [1.165, 1.54) is 0 Å². The smallest absolute Gasteiger partial charge is 0.255 e. The highest BCUT2D eigenvalue weighted by Gasteiger charge is 2.22. The molecule has 26 heavy (non-hydrogen) atoms. The van der Waals surface area contributed by atoms with Gasteiger partial charge in [-0.2, -0.15) is 5.26 Å². The predicted octanol–water partition coefficient (Wildman–Crippen LogP) is 2.26. The Morgan fingerprint density at radius 3 is 2.92 bits per heavy atom. The number of rotatable bonds is 3. The number of nitrogens with zero attached hydrogens (tertiary/aromatic N) is 4. The van der Waals surface area contributed by atoms with Crippen LogP contribution >= 0.6 is 0 Å². The number of hydrogen-bond donors (Lipinski definition) is 1. The minimum atomic E-state index is -0.105. The van der Waals surface area contributed by atoms with Crippen LogP contribution in [0.1, 0.15) is 22.4 Å². The Balaban J connectivity index is 1.60. The molecule has 4 rings (SSSR count). The van der Waals surface area contributed by atoms with Crippen LogP contribution < -0.4 is 5.56 Å². The van der Waals surface area contributed by atoms with Crippen LogP contribution in [-0.4, -0.2) is 26.4 Å². The third kappa shape index (κ3) is 3.13. The van der Waals surface area contributed by atoms with E-state index in [1.54, 1.807) is 12.4 Å². The van der Waals surface area contributed by atoms with Crippen molar-refractivity contribution in [2.24, 2.45) is 0 Å². The molecule has 3 aromatic rings. The fraction of sp³-hybridized carbons (Fsp3) is 0.200. The predicted molar refractivity (Wildman–Crippen MR) is 97.1 cm³/mol. The Kier molecular flexibility index (Phi) is 4.30. The van der Waals surface area contributed by atoms with Crippen molar-refractivity contribution >= 4 is 0 Å². The van der Waals surface area contributed by atoms with Gasteiger partial charge in [-0.25, -0.2) is 4.98 Å². The zero-order valence-electron chi connectivity index (χ0n) is 14.1. The first kappa shape index (κ1) is 16.2. The second-order valence-electron chi connectivity index (χ2n) is 6.31. The Morgan fingerprint density at radius 1 is 1.23 bits per heavy atom. The second-order valence-corrected chi connectivity index (χ2v) is 6.31. The van der Waals surface area contributed by atoms with Gasteiger partial charge >= 0.3 is 0 Å². The number of aromatic amines is 1. The minimum Gasteiger partial charge on any atom is -0.306 e. The van der Waals surface area contributed by atoms with E-state index in [0.29, 0.717) is 36.5 Å². The first-order valence-corrected chi connectivity index (χ1v) is 8.47. The van der Waals surface area contributed by atoms with Crippen LogP contribution in [0.5, 0.6) is 0 Å². The fourth-order valence-electron chi connectivity index (χ4n) is 3.26. The summed E-state index contributed by atoms with van der Waals surface area (Å²) in [5.41, 5.74) is 3.91. The van der Waals surface area contributed by atoms with Crippen molar-refractivity contribution in [3.05, 3.63) is 81.5 Å². The third-order valence-corrected chi connectivity index (χ3v) is 4.61. The number of pyridine rings is 1. The highest BCUT2D eigenvalue weighted by atomic mass is 16.1. The number of fused-ring (bicyclic) bond motifs is 1. The van der Waals surface area contributed by atoms with E-state index in [0.717, 1.165) is 23.4 Å². The van der Waals surface area contributed by atoms with Crippen LogP contribution in [0.25, 0.3) is 11.4 Å². The molecule has 0 spiro atoms. The van der Waals surface area contributed by atoms with Gasteiger partial charge < -0.3 is 4.98 Å². The van der Waals surface area contributed by atoms with Crippen LogP contribution in [0.15, 0.2) is 53.6 Å². The SMILES string of the molecule is N#Cc1ccccc1CN1CCc2nc(-c3cccnc3)[nH]c(=O)c2C1. The molecule has 1 N–H and O–H groups in total. The highest BCUT2D eigenvalue weighted by Crippen LogP contribution is 2.20. The number of hydrogen-bond acceptors (Lipinski definition) is 5. The highest BCUT2D eigenvalue weighted by molar-refractivity contribution is 5.53. The van der Waals surface area contributed by atoms with Crippen molar-refractivity contribution in [3.63, 3.8) is 0 Å². The summed E-state index contributed by atoms with van der Waals surface area (Å²) < 4.78 is 0. The van der Waals surface area contributed by atoms with E-state index < -0.39 is 0 Å². The van der Waals surface area contributed by atoms with E-state index in [1.807, 2.05) is 36.4 Å². The van der Waals surface area contributed by atoms with Gasteiger partial charge in [0.05, 0.1) is 22.9 Å². The summed E-state index contributed by atoms with van der Waals surface area (Å²) in [5.74, 6) is 0.560. The Bertz CT molecular complexity index is 1040. The normalized spacial score (nSPS) is 13.8. The lowest BCUT2D eigenvalue weighted by molar-refractivity contribution is 0.241. The average Bonchev–Trinajstić information content (AvgIpc) is 2.69. The molecule has 6 heteroatoms. The Hall–Kier alpha value is -3.30. The molecule has 0 bridgehead atoms. The summed E-state index contributed by atoms with van der Waals surface area (Å²) >= 11 is 0. The minimum absolute atomic E-state index is 0.105. The molecule has 1 aliphatic heterocycles. The van der Waals surface area contributed by atoms with Gasteiger partial charge in [0, 0.05) is 44.0 Å². The van der Waals surface area contributed by atoms with Crippen molar-refractivity contribution in [2.45, 2.75) is 19.5 Å². The Labute approximate surface area is 150 Å². The average molecular weight is 343 g/mol. The van der Waals surface area contributed by atoms with E-state index in [2.05, 4.69) is 25.9 Å². The van der Waals surface area contributed by atoms with Gasteiger partial charge in [0.15, 0.2) is 0 Å². The zero-order chi connectivity index (χ0) is 17.9. The molecule has 0 atom stereocenters. The van der Waals surface area contributed by atoms with Gasteiger partial charge in [-0.3, -0.25) is 14.7 Å². The van der Waals surface area contributed by atoms with Crippen LogP contribution in [-0.2, 0) is 19.5 Å². The first-order chi connectivity index (χ1) is 12.7. The maximum absolute atomic E-state index is 12.6. The van der Waals surface area contributed by atoms with E-state index >= 15 is 0 Å². The van der Waals surface area contributed by atoms with Gasteiger partial charge in [0.2, 0.25) is 0 Å². The van der Waals surface area contributed by atoms with E-state index in [4.69, 9.17) is 0 Å². The third-order valence-electron chi connectivity index (χ3n) is 4.61. The number of aromatic nitrogens is 3. The molecule has 128 valence electrons. The van der Waals surface area contributed by atoms with Crippen molar-refractivity contribution in [2.75, 3.05) is 6.54 Å². The molecule has 0 amide bonds. The monoisotopic (exact) mass is 343 g/mol. The molecule has 3 heterocycles. The van der Waals surface area contributed by atoms with Crippen LogP contribution in [0.2, 0.25) is 0 Å². The molecule has 1 aromatic carbocycles. The summed E-state index contributed by atoms with van der Waals surface area (Å²) in [6, 6.07) is 13.5. The summed E-state index contributed by atoms with van der Waals surface area (Å²) in [7, 11) is 0. The number of nitriles is 1. The van der Waals surface area contributed by atoms with E-state index in [-0.39, 0.29) is 5.56 Å². The van der Waals surface area contributed by atoms with Crippen LogP contribution in [0.3, 0.4) is 0 Å². The zero-order valence-corrected chi connectivity index (χ0v) is 14.1. The van der Waals surface area contributed by atoms with Gasteiger partial charge in [0.25, 0.3) is 5.56 Å². The fourth-order valence-corrected chi connectivity index (χ4v) is 3.26. The summed E-state index contributed by atoms with van der Waals surface area (Å²) in [4.78, 5) is 26.4. The quantitative estimate of drug-likeness (QED) is 0.788. The molecule has 0 radical (unpaired) electrons. The molecule has 2 aromatic heterocycles. The lowest BCUT2D eigenvalue weighted by atomic mass is 10.0. The molecule has 0 unspecified atom stereocenters. The standard InChI is InChI=1S/C20H17N5O/c21-10-14-4-1-2-5-16(14)12-25-9-7-18-17(13-25)20(26)24-19(23-18)15-6-3-8-22-11-15/h1-6,8,11H,7,9,12-13H2,(H,23,24,26). The molecular weight excluding hydrogens is 326 g/mol. The molecule has 0 aliphatic carbocycles.